The van der Waals surface area contributed by atoms with Gasteiger partial charge in [-0.1, -0.05) is 29.5 Å². The molecular weight excluding hydrogens is 668 g/mol. The van der Waals surface area contributed by atoms with Crippen LogP contribution in [-0.2, 0) is 14.3 Å². The number of thiazole rings is 1. The Bertz CT molecular complexity index is 1670. The van der Waals surface area contributed by atoms with Crippen molar-refractivity contribution < 1.29 is 28.9 Å². The molecule has 0 fully saturated rings. The SMILES string of the molecule is CCOC(=O)C1=C(C)N=c2s/c(=C/c3cc(Br)c(OCC(=O)O)c(Br)c3)c(=O)n2[C@@H]1c1ccccc1OC(C)C. The van der Waals surface area contributed by atoms with Crippen molar-refractivity contribution >= 4 is 61.2 Å². The van der Waals surface area contributed by atoms with E-state index < -0.39 is 24.6 Å². The normalized spacial score (nSPS) is 15.1. The van der Waals surface area contributed by atoms with Crippen molar-refractivity contribution in [1.29, 1.82) is 0 Å². The molecule has 0 saturated heterocycles. The van der Waals surface area contributed by atoms with Gasteiger partial charge in [0, 0.05) is 5.56 Å². The van der Waals surface area contributed by atoms with Gasteiger partial charge >= 0.3 is 11.9 Å². The highest BCUT2D eigenvalue weighted by Crippen LogP contribution is 2.37. The van der Waals surface area contributed by atoms with E-state index in [1.807, 2.05) is 38.1 Å². The van der Waals surface area contributed by atoms with Gasteiger partial charge in [0.15, 0.2) is 11.4 Å². The monoisotopic (exact) mass is 692 g/mol. The number of nitrogens with zero attached hydrogens (tertiary/aromatic N) is 2. The van der Waals surface area contributed by atoms with Crippen LogP contribution in [0, 0.1) is 0 Å². The first-order valence-electron chi connectivity index (χ1n) is 12.3. The highest BCUT2D eigenvalue weighted by molar-refractivity contribution is 9.11. The standard InChI is InChI=1S/C28H26Br2N2O7S/c1-5-37-27(36)23-15(4)31-28-32(24(23)17-8-6-7-9-20(17)39-14(2)3)26(35)21(40-28)12-16-10-18(29)25(19(30)11-16)38-13-22(33)34/h6-12,14,24H,5,13H2,1-4H3,(H,33,34)/b21-12+/t24-/m1/s1. The van der Waals surface area contributed by atoms with Crippen LogP contribution < -0.4 is 24.4 Å². The van der Waals surface area contributed by atoms with Crippen molar-refractivity contribution in [1.82, 2.24) is 4.57 Å². The topological polar surface area (TPSA) is 116 Å². The van der Waals surface area contributed by atoms with Gasteiger partial charge in [0.1, 0.15) is 17.5 Å². The maximum Gasteiger partial charge on any atom is 0.341 e. The van der Waals surface area contributed by atoms with Crippen LogP contribution in [-0.4, -0.2) is 40.9 Å². The lowest BCUT2D eigenvalue weighted by Crippen LogP contribution is -2.40. The summed E-state index contributed by atoms with van der Waals surface area (Å²) in [5.41, 5.74) is 1.70. The number of carbonyl (C=O) groups is 2. The van der Waals surface area contributed by atoms with E-state index >= 15 is 0 Å². The quantitative estimate of drug-likeness (QED) is 0.327. The van der Waals surface area contributed by atoms with E-state index in [9.17, 15) is 14.4 Å². The van der Waals surface area contributed by atoms with Crippen molar-refractivity contribution in [3.63, 3.8) is 0 Å². The minimum absolute atomic E-state index is 0.132. The minimum atomic E-state index is -1.10. The molecule has 2 heterocycles. The number of esters is 1. The van der Waals surface area contributed by atoms with Crippen molar-refractivity contribution in [2.45, 2.75) is 39.8 Å². The van der Waals surface area contributed by atoms with Gasteiger partial charge in [-0.15, -0.1) is 0 Å². The summed E-state index contributed by atoms with van der Waals surface area (Å²) in [6.45, 7) is 6.94. The highest BCUT2D eigenvalue weighted by Gasteiger charge is 2.35. The second kappa shape index (κ2) is 12.5. The first-order valence-corrected chi connectivity index (χ1v) is 14.7. The fourth-order valence-corrected chi connectivity index (χ4v) is 6.74. The lowest BCUT2D eigenvalue weighted by molar-refractivity contribution is -0.140. The average Bonchev–Trinajstić information content (AvgIpc) is 3.16. The van der Waals surface area contributed by atoms with Crippen LogP contribution in [0.1, 0.15) is 44.9 Å². The summed E-state index contributed by atoms with van der Waals surface area (Å²) < 4.78 is 19.7. The zero-order valence-corrected chi connectivity index (χ0v) is 26.1. The summed E-state index contributed by atoms with van der Waals surface area (Å²) in [7, 11) is 0. The third-order valence-electron chi connectivity index (χ3n) is 5.75. The van der Waals surface area contributed by atoms with Crippen LogP contribution >= 0.6 is 43.2 Å². The fourth-order valence-electron chi connectivity index (χ4n) is 4.24. The number of carboxylic acids is 1. The van der Waals surface area contributed by atoms with E-state index in [0.29, 0.717) is 46.6 Å². The molecule has 1 aromatic heterocycles. The average molecular weight is 694 g/mol. The maximum atomic E-state index is 13.9. The Balaban J connectivity index is 1.91. The summed E-state index contributed by atoms with van der Waals surface area (Å²) in [6, 6.07) is 9.95. The Morgan fingerprint density at radius 3 is 2.50 bits per heavy atom. The molecule has 0 unspecified atom stereocenters. The van der Waals surface area contributed by atoms with Crippen LogP contribution in [0.4, 0.5) is 0 Å². The lowest BCUT2D eigenvalue weighted by atomic mass is 9.95. The number of carboxylic acid groups (broad SMARTS) is 1. The zero-order valence-electron chi connectivity index (χ0n) is 22.1. The summed E-state index contributed by atoms with van der Waals surface area (Å²) in [5.74, 6) is -0.764. The fraction of sp³-hybridized carbons (Fsp3) is 0.286. The summed E-state index contributed by atoms with van der Waals surface area (Å²) >= 11 is 8.02. The molecule has 0 radical (unpaired) electrons. The highest BCUT2D eigenvalue weighted by atomic mass is 79.9. The van der Waals surface area contributed by atoms with Crippen LogP contribution in [0.5, 0.6) is 11.5 Å². The number of aliphatic carboxylic acids is 1. The van der Waals surface area contributed by atoms with Crippen molar-refractivity contribution in [3.05, 3.63) is 87.4 Å². The second-order valence-corrected chi connectivity index (χ2v) is 11.7. The molecule has 1 aliphatic rings. The van der Waals surface area contributed by atoms with E-state index in [1.165, 1.54) is 15.9 Å². The number of fused-ring (bicyclic) bond motifs is 1. The third-order valence-corrected chi connectivity index (χ3v) is 7.91. The molecule has 0 spiro atoms. The molecule has 0 saturated carbocycles. The Morgan fingerprint density at radius 1 is 1.20 bits per heavy atom. The number of ether oxygens (including phenoxy) is 3. The van der Waals surface area contributed by atoms with Gasteiger partial charge in [0.25, 0.3) is 5.56 Å². The Kier molecular flexibility index (Phi) is 9.32. The zero-order chi connectivity index (χ0) is 29.1. The Hall–Kier alpha value is -3.22. The summed E-state index contributed by atoms with van der Waals surface area (Å²) in [5, 5.41) is 8.94. The van der Waals surface area contributed by atoms with Crippen LogP contribution in [0.25, 0.3) is 6.08 Å². The van der Waals surface area contributed by atoms with Gasteiger partial charge in [0.05, 0.1) is 37.5 Å². The number of aromatic nitrogens is 1. The Morgan fingerprint density at radius 2 is 1.88 bits per heavy atom. The first-order chi connectivity index (χ1) is 19.0. The van der Waals surface area contributed by atoms with Gasteiger partial charge in [-0.05, 0) is 89.4 Å². The number of rotatable bonds is 9. The first kappa shape index (κ1) is 29.8. The molecular formula is C28H26Br2N2O7S. The van der Waals surface area contributed by atoms with Crippen LogP contribution in [0.15, 0.2) is 66.4 Å². The second-order valence-electron chi connectivity index (χ2n) is 9.00. The minimum Gasteiger partial charge on any atom is -0.491 e. The van der Waals surface area contributed by atoms with Gasteiger partial charge in [-0.25, -0.2) is 14.6 Å². The summed E-state index contributed by atoms with van der Waals surface area (Å²) in [6.07, 6.45) is 1.57. The molecule has 210 valence electrons. The van der Waals surface area contributed by atoms with Gasteiger partial charge in [-0.2, -0.15) is 0 Å². The smallest absolute Gasteiger partial charge is 0.341 e. The number of hydrogen-bond acceptors (Lipinski definition) is 8. The Labute approximate surface area is 250 Å². The molecule has 1 N–H and O–H groups in total. The van der Waals surface area contributed by atoms with E-state index in [4.69, 9.17) is 19.3 Å². The van der Waals surface area contributed by atoms with Gasteiger partial charge < -0.3 is 19.3 Å². The van der Waals surface area contributed by atoms with E-state index in [1.54, 1.807) is 32.1 Å². The molecule has 0 amide bonds. The third kappa shape index (κ3) is 6.24. The molecule has 12 heteroatoms. The predicted molar refractivity (Wildman–Crippen MR) is 158 cm³/mol. The molecule has 3 aromatic rings. The maximum absolute atomic E-state index is 13.9. The molecule has 0 aliphatic carbocycles. The van der Waals surface area contributed by atoms with Crippen molar-refractivity contribution in [3.8, 4) is 11.5 Å². The van der Waals surface area contributed by atoms with E-state index in [-0.39, 0.29) is 23.8 Å². The number of hydrogen-bond donors (Lipinski definition) is 1. The molecule has 0 bridgehead atoms. The number of carbonyl (C=O) groups excluding carboxylic acids is 1. The van der Waals surface area contributed by atoms with Crippen molar-refractivity contribution in [2.75, 3.05) is 13.2 Å². The summed E-state index contributed by atoms with van der Waals surface area (Å²) in [4.78, 5) is 43.1. The molecule has 1 aliphatic heterocycles. The predicted octanol–water partition coefficient (Wildman–Crippen LogP) is 4.57. The molecule has 9 nitrogen and oxygen atoms in total. The van der Waals surface area contributed by atoms with Gasteiger partial charge in [0.2, 0.25) is 0 Å². The number of halogens is 2. The van der Waals surface area contributed by atoms with E-state index in [0.717, 1.165) is 0 Å². The van der Waals surface area contributed by atoms with E-state index in [2.05, 4.69) is 36.9 Å². The van der Waals surface area contributed by atoms with Gasteiger partial charge in [-0.3, -0.25) is 9.36 Å². The lowest BCUT2D eigenvalue weighted by Gasteiger charge is -2.26. The van der Waals surface area contributed by atoms with Crippen molar-refractivity contribution in [2.24, 2.45) is 4.99 Å². The number of para-hydroxylation sites is 1. The number of allylic oxidation sites excluding steroid dienone is 1. The number of benzene rings is 2. The van der Waals surface area contributed by atoms with Crippen LogP contribution in [0.3, 0.4) is 0 Å². The molecule has 1 atom stereocenters. The molecule has 4 rings (SSSR count). The largest absolute Gasteiger partial charge is 0.491 e. The van der Waals surface area contributed by atoms with Crippen LogP contribution in [0.2, 0.25) is 0 Å². The molecule has 40 heavy (non-hydrogen) atoms. The molecule has 2 aromatic carbocycles.